The molecule has 160 valence electrons. The molecule has 1 aromatic heterocycles. The number of amides is 2. The molecular weight excluding hydrogens is 416 g/mol. The molecule has 2 aromatic carbocycles. The fraction of sp³-hybridized carbons (Fsp3) is 0.217. The van der Waals surface area contributed by atoms with Crippen LogP contribution in [0.2, 0.25) is 5.02 Å². The highest BCUT2D eigenvalue weighted by molar-refractivity contribution is 6.33. The number of carbonyl (C=O) groups is 2. The van der Waals surface area contributed by atoms with Crippen molar-refractivity contribution in [3.63, 3.8) is 0 Å². The minimum Gasteiger partial charge on any atom is -0.323 e. The number of hydrogen-bond acceptors (Lipinski definition) is 4. The smallest absolute Gasteiger partial charge is 0.291 e. The minimum atomic E-state index is -0.956. The highest BCUT2D eigenvalue weighted by Gasteiger charge is 2.22. The van der Waals surface area contributed by atoms with Crippen molar-refractivity contribution in [3.8, 4) is 11.3 Å². The van der Waals surface area contributed by atoms with Crippen molar-refractivity contribution >= 4 is 34.8 Å². The van der Waals surface area contributed by atoms with Crippen LogP contribution in [-0.2, 0) is 9.59 Å². The first-order valence-corrected chi connectivity index (χ1v) is 10.2. The van der Waals surface area contributed by atoms with Crippen molar-refractivity contribution in [1.29, 1.82) is 0 Å². The van der Waals surface area contributed by atoms with Crippen molar-refractivity contribution in [1.82, 2.24) is 9.78 Å². The third kappa shape index (κ3) is 5.19. The number of nitrogens with zero attached hydrogens (tertiary/aromatic N) is 2. The highest BCUT2D eigenvalue weighted by atomic mass is 35.5. The quantitative estimate of drug-likeness (QED) is 0.598. The first-order chi connectivity index (χ1) is 14.8. The van der Waals surface area contributed by atoms with Gasteiger partial charge in [-0.05, 0) is 25.1 Å². The van der Waals surface area contributed by atoms with Crippen LogP contribution in [0.5, 0.6) is 0 Å². The van der Waals surface area contributed by atoms with Gasteiger partial charge in [0.25, 0.3) is 5.56 Å². The van der Waals surface area contributed by atoms with Crippen LogP contribution >= 0.6 is 11.6 Å². The Morgan fingerprint density at radius 3 is 2.16 bits per heavy atom. The molecule has 0 aliphatic heterocycles. The van der Waals surface area contributed by atoms with E-state index in [0.29, 0.717) is 16.4 Å². The fourth-order valence-corrected chi connectivity index (χ4v) is 2.99. The van der Waals surface area contributed by atoms with Gasteiger partial charge in [0.2, 0.25) is 11.8 Å². The van der Waals surface area contributed by atoms with E-state index >= 15 is 0 Å². The van der Waals surface area contributed by atoms with Crippen LogP contribution in [0.4, 0.5) is 11.4 Å². The van der Waals surface area contributed by atoms with Crippen molar-refractivity contribution in [3.05, 3.63) is 76.0 Å². The first-order valence-electron chi connectivity index (χ1n) is 9.83. The second kappa shape index (κ2) is 9.57. The van der Waals surface area contributed by atoms with Crippen LogP contribution in [0.1, 0.15) is 26.8 Å². The summed E-state index contributed by atoms with van der Waals surface area (Å²) in [5.74, 6) is -1.08. The molecule has 0 spiro atoms. The number of halogens is 1. The lowest BCUT2D eigenvalue weighted by Crippen LogP contribution is -2.36. The van der Waals surface area contributed by atoms with Crippen molar-refractivity contribution in [2.75, 3.05) is 10.6 Å². The molecule has 0 saturated carbocycles. The molecule has 2 amide bonds. The Morgan fingerprint density at radius 1 is 0.903 bits per heavy atom. The highest BCUT2D eigenvalue weighted by Crippen LogP contribution is 2.23. The van der Waals surface area contributed by atoms with Crippen LogP contribution in [0.15, 0.2) is 65.5 Å². The van der Waals surface area contributed by atoms with Crippen LogP contribution < -0.4 is 16.2 Å². The number of rotatable bonds is 6. The Morgan fingerprint density at radius 2 is 1.52 bits per heavy atom. The molecule has 0 saturated heterocycles. The zero-order valence-corrected chi connectivity index (χ0v) is 18.2. The van der Waals surface area contributed by atoms with Crippen LogP contribution in [0, 0.1) is 5.92 Å². The molecule has 3 rings (SSSR count). The van der Waals surface area contributed by atoms with Gasteiger partial charge in [-0.3, -0.25) is 14.4 Å². The Kier molecular flexibility index (Phi) is 6.87. The number of anilines is 2. The maximum absolute atomic E-state index is 13.1. The van der Waals surface area contributed by atoms with Gasteiger partial charge >= 0.3 is 0 Å². The van der Waals surface area contributed by atoms with E-state index in [1.807, 2.05) is 30.3 Å². The molecule has 0 aliphatic rings. The van der Waals surface area contributed by atoms with Gasteiger partial charge in [-0.15, -0.1) is 0 Å². The zero-order chi connectivity index (χ0) is 22.5. The molecule has 0 fully saturated rings. The second-order valence-corrected chi connectivity index (χ2v) is 7.76. The van der Waals surface area contributed by atoms with Gasteiger partial charge in [0.05, 0.1) is 16.4 Å². The molecule has 8 heteroatoms. The summed E-state index contributed by atoms with van der Waals surface area (Å²) in [6.45, 7) is 5.02. The zero-order valence-electron chi connectivity index (χ0n) is 17.4. The van der Waals surface area contributed by atoms with Crippen LogP contribution in [-0.4, -0.2) is 21.6 Å². The summed E-state index contributed by atoms with van der Waals surface area (Å²) in [5, 5.41) is 10.1. The fourth-order valence-electron chi connectivity index (χ4n) is 2.80. The normalized spacial score (nSPS) is 11.8. The lowest BCUT2D eigenvalue weighted by Gasteiger charge is -2.18. The van der Waals surface area contributed by atoms with Gasteiger partial charge in [-0.25, -0.2) is 4.68 Å². The van der Waals surface area contributed by atoms with E-state index in [2.05, 4.69) is 15.7 Å². The average Bonchev–Trinajstić information content (AvgIpc) is 2.76. The number of aromatic nitrogens is 2. The summed E-state index contributed by atoms with van der Waals surface area (Å²) >= 11 is 6.12. The average molecular weight is 439 g/mol. The summed E-state index contributed by atoms with van der Waals surface area (Å²) in [6.07, 6.45) is 0. The van der Waals surface area contributed by atoms with Crippen molar-refractivity contribution in [2.45, 2.75) is 26.8 Å². The molecule has 2 N–H and O–H groups in total. The van der Waals surface area contributed by atoms with E-state index in [0.717, 1.165) is 10.2 Å². The molecule has 1 heterocycles. The monoisotopic (exact) mass is 438 g/mol. The number of carbonyl (C=O) groups excluding carboxylic acids is 2. The van der Waals surface area contributed by atoms with Gasteiger partial charge in [0, 0.05) is 11.5 Å². The molecule has 31 heavy (non-hydrogen) atoms. The van der Waals surface area contributed by atoms with E-state index in [9.17, 15) is 14.4 Å². The van der Waals surface area contributed by atoms with Crippen molar-refractivity contribution in [2.24, 2.45) is 5.92 Å². The van der Waals surface area contributed by atoms with Gasteiger partial charge in [-0.1, -0.05) is 67.9 Å². The maximum Gasteiger partial charge on any atom is 0.291 e. The predicted molar refractivity (Wildman–Crippen MR) is 122 cm³/mol. The molecule has 7 nitrogen and oxygen atoms in total. The number of benzene rings is 2. The van der Waals surface area contributed by atoms with Gasteiger partial charge in [-0.2, -0.15) is 5.10 Å². The van der Waals surface area contributed by atoms with E-state index in [1.54, 1.807) is 45.0 Å². The van der Waals surface area contributed by atoms with Crippen molar-refractivity contribution < 1.29 is 9.59 Å². The second-order valence-electron chi connectivity index (χ2n) is 7.35. The van der Waals surface area contributed by atoms with E-state index in [4.69, 9.17) is 11.6 Å². The maximum atomic E-state index is 13.1. The largest absolute Gasteiger partial charge is 0.323 e. The summed E-state index contributed by atoms with van der Waals surface area (Å²) in [4.78, 5) is 38.1. The summed E-state index contributed by atoms with van der Waals surface area (Å²) in [7, 11) is 0. The lowest BCUT2D eigenvalue weighted by atomic mass is 10.1. The van der Waals surface area contributed by atoms with E-state index in [-0.39, 0.29) is 17.5 Å². The third-order valence-corrected chi connectivity index (χ3v) is 4.99. The van der Waals surface area contributed by atoms with E-state index in [1.165, 1.54) is 6.07 Å². The summed E-state index contributed by atoms with van der Waals surface area (Å²) in [6, 6.07) is 16.6. The Hall–Kier alpha value is -3.45. The standard InChI is InChI=1S/C23H23ClN4O3/c1-14(2)21(29)26-20-13-19(16-9-5-4-6-10-16)27-28(23(20)31)15(3)22(30)25-18-12-8-7-11-17(18)24/h4-15H,1-3H3,(H,25,30)(H,26,29). The van der Waals surface area contributed by atoms with E-state index < -0.39 is 17.5 Å². The molecule has 1 atom stereocenters. The first kappa shape index (κ1) is 22.2. The topological polar surface area (TPSA) is 93.1 Å². The molecular formula is C23H23ClN4O3. The number of hydrogen-bond donors (Lipinski definition) is 2. The number of nitrogens with one attached hydrogen (secondary N) is 2. The molecule has 0 aliphatic carbocycles. The summed E-state index contributed by atoms with van der Waals surface area (Å²) in [5.41, 5.74) is 1.12. The summed E-state index contributed by atoms with van der Waals surface area (Å²) < 4.78 is 1.07. The minimum absolute atomic E-state index is 0.0601. The SMILES string of the molecule is CC(C)C(=O)Nc1cc(-c2ccccc2)nn(C(C)C(=O)Nc2ccccc2Cl)c1=O. The Balaban J connectivity index is 2.03. The van der Waals surface area contributed by atoms with Gasteiger partial charge in [0.15, 0.2) is 0 Å². The van der Waals surface area contributed by atoms with Crippen LogP contribution in [0.25, 0.3) is 11.3 Å². The molecule has 3 aromatic rings. The van der Waals surface area contributed by atoms with Gasteiger partial charge in [0.1, 0.15) is 11.7 Å². The predicted octanol–water partition coefficient (Wildman–Crippen LogP) is 4.36. The Labute approximate surface area is 185 Å². The van der Waals surface area contributed by atoms with Gasteiger partial charge < -0.3 is 10.6 Å². The number of para-hydroxylation sites is 1. The molecule has 0 radical (unpaired) electrons. The molecule has 1 unspecified atom stereocenters. The third-order valence-electron chi connectivity index (χ3n) is 4.66. The Bertz CT molecular complexity index is 1160. The lowest BCUT2D eigenvalue weighted by molar-refractivity contribution is -0.119. The van der Waals surface area contributed by atoms with Crippen LogP contribution in [0.3, 0.4) is 0 Å². The molecule has 0 bridgehead atoms.